The van der Waals surface area contributed by atoms with Crippen molar-refractivity contribution in [1.82, 2.24) is 15.6 Å². The maximum Gasteiger partial charge on any atom is 0.354 e. The molecule has 2 rings (SSSR count). The zero-order chi connectivity index (χ0) is 20.5. The minimum absolute atomic E-state index is 0.0293. The number of esters is 2. The quantitative estimate of drug-likeness (QED) is 0.395. The van der Waals surface area contributed by atoms with Crippen LogP contribution in [-0.2, 0) is 30.3 Å². The minimum Gasteiger partial charge on any atom is -0.469 e. The Hall–Kier alpha value is -3.27. The highest BCUT2D eigenvalue weighted by atomic mass is 35.5. The highest BCUT2D eigenvalue weighted by Crippen LogP contribution is 2.18. The molecule has 0 saturated carbocycles. The van der Waals surface area contributed by atoms with Crippen molar-refractivity contribution in [2.75, 3.05) is 14.2 Å². The van der Waals surface area contributed by atoms with Gasteiger partial charge in [0.15, 0.2) is 5.71 Å². The van der Waals surface area contributed by atoms with Crippen molar-refractivity contribution in [3.8, 4) is 11.4 Å². The lowest BCUT2D eigenvalue weighted by Gasteiger charge is -2.04. The largest absolute Gasteiger partial charge is 0.469 e. The number of hydrogen-bond acceptors (Lipinski definition) is 9. The van der Waals surface area contributed by atoms with Crippen molar-refractivity contribution in [3.63, 3.8) is 0 Å². The average Bonchev–Trinajstić information content (AvgIpc) is 3.18. The zero-order valence-corrected chi connectivity index (χ0v) is 15.9. The van der Waals surface area contributed by atoms with E-state index in [9.17, 15) is 14.4 Å². The summed E-state index contributed by atoms with van der Waals surface area (Å²) in [4.78, 5) is 38.9. The molecule has 1 N–H and O–H groups in total. The molecule has 0 spiro atoms. The number of halogens is 1. The molecule has 11 heteroatoms. The van der Waals surface area contributed by atoms with Gasteiger partial charge in [0.25, 0.3) is 0 Å². The first-order valence-corrected chi connectivity index (χ1v) is 8.39. The standard InChI is InChI=1S/C17H17ClN4O6/c1-26-15(24)9-12(17(25)27-2)20-21-13(23)7-8-14-19-16(22-28-14)10-3-5-11(18)6-4-10/h3-6H,7-9H2,1-2H3,(H,21,23). The molecule has 2 aromatic rings. The summed E-state index contributed by atoms with van der Waals surface area (Å²) in [7, 11) is 2.29. The van der Waals surface area contributed by atoms with E-state index in [1.54, 1.807) is 24.3 Å². The van der Waals surface area contributed by atoms with Crippen LogP contribution >= 0.6 is 11.6 Å². The number of nitrogens with zero attached hydrogens (tertiary/aromatic N) is 3. The lowest BCUT2D eigenvalue weighted by molar-refractivity contribution is -0.140. The van der Waals surface area contributed by atoms with Crippen molar-refractivity contribution < 1.29 is 28.4 Å². The highest BCUT2D eigenvalue weighted by molar-refractivity contribution is 6.39. The summed E-state index contributed by atoms with van der Waals surface area (Å²) in [6, 6.07) is 6.89. The van der Waals surface area contributed by atoms with E-state index in [2.05, 4.69) is 30.1 Å². The van der Waals surface area contributed by atoms with Gasteiger partial charge in [-0.3, -0.25) is 9.59 Å². The van der Waals surface area contributed by atoms with Gasteiger partial charge in [0.2, 0.25) is 17.6 Å². The smallest absolute Gasteiger partial charge is 0.354 e. The molecular formula is C17H17ClN4O6. The number of ether oxygens (including phenoxy) is 2. The molecule has 28 heavy (non-hydrogen) atoms. The number of methoxy groups -OCH3 is 2. The van der Waals surface area contributed by atoms with Crippen molar-refractivity contribution in [1.29, 1.82) is 0 Å². The zero-order valence-electron chi connectivity index (χ0n) is 15.1. The van der Waals surface area contributed by atoms with E-state index < -0.39 is 24.3 Å². The molecule has 1 amide bonds. The number of nitrogens with one attached hydrogen (secondary N) is 1. The third-order valence-corrected chi connectivity index (χ3v) is 3.66. The lowest BCUT2D eigenvalue weighted by atomic mass is 10.2. The van der Waals surface area contributed by atoms with Crippen LogP contribution in [0, 0.1) is 0 Å². The van der Waals surface area contributed by atoms with E-state index in [1.807, 2.05) is 0 Å². The Balaban J connectivity index is 1.91. The second-order valence-corrected chi connectivity index (χ2v) is 5.79. The predicted molar refractivity (Wildman–Crippen MR) is 97.3 cm³/mol. The average molecular weight is 409 g/mol. The molecule has 0 aliphatic rings. The number of hydrogen-bond donors (Lipinski definition) is 1. The van der Waals surface area contributed by atoms with Crippen LogP contribution in [0.15, 0.2) is 33.9 Å². The molecular weight excluding hydrogens is 392 g/mol. The van der Waals surface area contributed by atoms with E-state index >= 15 is 0 Å². The molecule has 148 valence electrons. The van der Waals surface area contributed by atoms with Gasteiger partial charge in [0.1, 0.15) is 0 Å². The van der Waals surface area contributed by atoms with E-state index in [-0.39, 0.29) is 24.4 Å². The Kier molecular flexibility index (Phi) is 7.64. The van der Waals surface area contributed by atoms with Crippen molar-refractivity contribution in [2.45, 2.75) is 19.3 Å². The summed E-state index contributed by atoms with van der Waals surface area (Å²) >= 11 is 5.83. The second-order valence-electron chi connectivity index (χ2n) is 5.36. The fourth-order valence-electron chi connectivity index (χ4n) is 1.96. The number of benzene rings is 1. The van der Waals surface area contributed by atoms with Crippen LogP contribution < -0.4 is 5.43 Å². The first kappa shape index (κ1) is 21.0. The van der Waals surface area contributed by atoms with E-state index in [0.717, 1.165) is 12.7 Å². The Morgan fingerprint density at radius 1 is 1.18 bits per heavy atom. The van der Waals surface area contributed by atoms with E-state index in [1.165, 1.54) is 7.11 Å². The predicted octanol–water partition coefficient (Wildman–Crippen LogP) is 1.53. The first-order chi connectivity index (χ1) is 13.4. The summed E-state index contributed by atoms with van der Waals surface area (Å²) < 4.78 is 14.1. The number of amides is 1. The maximum absolute atomic E-state index is 11.9. The maximum atomic E-state index is 11.9. The summed E-state index contributed by atoms with van der Waals surface area (Å²) in [5, 5.41) is 8.05. The normalized spacial score (nSPS) is 11.0. The lowest BCUT2D eigenvalue weighted by Crippen LogP contribution is -2.26. The summed E-state index contributed by atoms with van der Waals surface area (Å²) in [6.07, 6.45) is -0.303. The number of rotatable bonds is 8. The Morgan fingerprint density at radius 2 is 1.89 bits per heavy atom. The van der Waals surface area contributed by atoms with Crippen LogP contribution in [-0.4, -0.2) is 47.9 Å². The third kappa shape index (κ3) is 6.16. The molecule has 1 heterocycles. The summed E-state index contributed by atoms with van der Waals surface area (Å²) in [5.74, 6) is -1.44. The Morgan fingerprint density at radius 3 is 2.54 bits per heavy atom. The first-order valence-electron chi connectivity index (χ1n) is 8.02. The highest BCUT2D eigenvalue weighted by Gasteiger charge is 2.18. The fraction of sp³-hybridized carbons (Fsp3) is 0.294. The van der Waals surface area contributed by atoms with Crippen LogP contribution in [0.4, 0.5) is 0 Å². The van der Waals surface area contributed by atoms with Crippen LogP contribution in [0.3, 0.4) is 0 Å². The van der Waals surface area contributed by atoms with E-state index in [4.69, 9.17) is 16.1 Å². The van der Waals surface area contributed by atoms with Gasteiger partial charge in [-0.1, -0.05) is 16.8 Å². The Bertz CT molecular complexity index is 878. The van der Waals surface area contributed by atoms with Gasteiger partial charge in [-0.2, -0.15) is 10.1 Å². The van der Waals surface area contributed by atoms with Gasteiger partial charge < -0.3 is 14.0 Å². The third-order valence-electron chi connectivity index (χ3n) is 3.41. The van der Waals surface area contributed by atoms with Crippen molar-refractivity contribution >= 4 is 35.2 Å². The Labute approximate surface area is 164 Å². The van der Waals surface area contributed by atoms with Crippen LogP contribution in [0.1, 0.15) is 18.7 Å². The SMILES string of the molecule is COC(=O)CC(=NNC(=O)CCc1nc(-c2ccc(Cl)cc2)no1)C(=O)OC. The molecule has 10 nitrogen and oxygen atoms in total. The molecule has 1 aromatic heterocycles. The number of hydrazone groups is 1. The molecule has 0 atom stereocenters. The molecule has 0 bridgehead atoms. The number of aromatic nitrogens is 2. The van der Waals surface area contributed by atoms with Crippen LogP contribution in [0.25, 0.3) is 11.4 Å². The van der Waals surface area contributed by atoms with Crippen LogP contribution in [0.5, 0.6) is 0 Å². The number of carbonyl (C=O) groups is 3. The van der Waals surface area contributed by atoms with Gasteiger partial charge in [-0.15, -0.1) is 0 Å². The van der Waals surface area contributed by atoms with Gasteiger partial charge in [0.05, 0.1) is 20.6 Å². The van der Waals surface area contributed by atoms with Gasteiger partial charge in [-0.25, -0.2) is 10.2 Å². The van der Waals surface area contributed by atoms with Gasteiger partial charge in [0, 0.05) is 23.4 Å². The molecule has 1 aromatic carbocycles. The second kappa shape index (κ2) is 10.2. The minimum atomic E-state index is -0.852. The number of aryl methyl sites for hydroxylation is 1. The van der Waals surface area contributed by atoms with Gasteiger partial charge >= 0.3 is 11.9 Å². The summed E-state index contributed by atoms with van der Waals surface area (Å²) in [5.41, 5.74) is 2.61. The molecule has 0 aliphatic carbocycles. The molecule has 0 saturated heterocycles. The molecule has 0 radical (unpaired) electrons. The molecule has 0 aliphatic heterocycles. The fourth-order valence-corrected chi connectivity index (χ4v) is 2.09. The molecule has 0 unspecified atom stereocenters. The topological polar surface area (TPSA) is 133 Å². The summed E-state index contributed by atoms with van der Waals surface area (Å²) in [6.45, 7) is 0. The van der Waals surface area contributed by atoms with Crippen LogP contribution in [0.2, 0.25) is 5.02 Å². The van der Waals surface area contributed by atoms with Crippen molar-refractivity contribution in [2.24, 2.45) is 5.10 Å². The molecule has 0 fully saturated rings. The van der Waals surface area contributed by atoms with Gasteiger partial charge in [-0.05, 0) is 24.3 Å². The monoisotopic (exact) mass is 408 g/mol. The van der Waals surface area contributed by atoms with Crippen molar-refractivity contribution in [3.05, 3.63) is 35.2 Å². The number of carbonyl (C=O) groups excluding carboxylic acids is 3. The van der Waals surface area contributed by atoms with E-state index in [0.29, 0.717) is 10.8 Å².